The van der Waals surface area contributed by atoms with Crippen molar-refractivity contribution in [2.75, 3.05) is 57.8 Å². The van der Waals surface area contributed by atoms with Gasteiger partial charge in [0.15, 0.2) is 0 Å². The molecule has 0 aromatic carbocycles. The Bertz CT molecular complexity index is 434. The lowest BCUT2D eigenvalue weighted by Crippen LogP contribution is -2.56. The Labute approximate surface area is 142 Å². The monoisotopic (exact) mass is 340 g/mol. The summed E-state index contributed by atoms with van der Waals surface area (Å²) in [5, 5.41) is 3.06. The highest BCUT2D eigenvalue weighted by atomic mass is 32.2. The molecule has 0 aromatic rings. The van der Waals surface area contributed by atoms with Crippen molar-refractivity contribution in [3.05, 3.63) is 0 Å². The van der Waals surface area contributed by atoms with Gasteiger partial charge < -0.3 is 15.1 Å². The fourth-order valence-electron chi connectivity index (χ4n) is 3.65. The van der Waals surface area contributed by atoms with Crippen molar-refractivity contribution in [2.45, 2.75) is 25.3 Å². The molecular weight excluding hydrogens is 312 g/mol. The van der Waals surface area contributed by atoms with E-state index in [0.717, 1.165) is 31.7 Å². The maximum Gasteiger partial charge on any atom is 0.317 e. The van der Waals surface area contributed by atoms with Crippen molar-refractivity contribution >= 4 is 23.7 Å². The molecule has 6 nitrogen and oxygen atoms in total. The molecule has 1 N–H and O–H groups in total. The summed E-state index contributed by atoms with van der Waals surface area (Å²) >= 11 is 1.97. The van der Waals surface area contributed by atoms with Gasteiger partial charge in [-0.05, 0) is 50.3 Å². The zero-order valence-corrected chi connectivity index (χ0v) is 14.8. The summed E-state index contributed by atoms with van der Waals surface area (Å²) in [6, 6.07) is 0.0854. The summed E-state index contributed by atoms with van der Waals surface area (Å²) in [6.07, 6.45) is 3.28. The van der Waals surface area contributed by atoms with Crippen LogP contribution in [0, 0.1) is 5.92 Å². The highest BCUT2D eigenvalue weighted by Crippen LogP contribution is 2.22. The van der Waals surface area contributed by atoms with Gasteiger partial charge in [-0.2, -0.15) is 11.8 Å². The number of hydrogen-bond donors (Lipinski definition) is 1. The maximum atomic E-state index is 12.5. The van der Waals surface area contributed by atoms with Crippen LogP contribution in [0.3, 0.4) is 0 Å². The molecule has 3 saturated heterocycles. The lowest BCUT2D eigenvalue weighted by molar-refractivity contribution is -0.137. The summed E-state index contributed by atoms with van der Waals surface area (Å²) in [4.78, 5) is 30.7. The SMILES string of the molecule is CN1CCC[C@H]1C(=O)N1CCN(C(=O)NC[C@@H]2CCSC2)CC1. The molecule has 0 spiro atoms. The largest absolute Gasteiger partial charge is 0.338 e. The number of urea groups is 1. The third-order valence-corrected chi connectivity index (χ3v) is 6.48. The number of likely N-dealkylation sites (tertiary alicyclic amines) is 1. The summed E-state index contributed by atoms with van der Waals surface area (Å²) in [6.45, 7) is 4.42. The van der Waals surface area contributed by atoms with Crippen LogP contribution in [0.1, 0.15) is 19.3 Å². The van der Waals surface area contributed by atoms with E-state index in [9.17, 15) is 9.59 Å². The van der Waals surface area contributed by atoms with Gasteiger partial charge in [0.2, 0.25) is 5.91 Å². The molecule has 3 rings (SSSR count). The Morgan fingerprint density at radius 1 is 1.09 bits per heavy atom. The van der Waals surface area contributed by atoms with Gasteiger partial charge in [0.25, 0.3) is 0 Å². The van der Waals surface area contributed by atoms with Crippen molar-refractivity contribution in [3.63, 3.8) is 0 Å². The van der Waals surface area contributed by atoms with Crippen molar-refractivity contribution in [3.8, 4) is 0 Å². The molecule has 7 heteroatoms. The average molecular weight is 340 g/mol. The molecule has 23 heavy (non-hydrogen) atoms. The second-order valence-electron chi connectivity index (χ2n) is 6.87. The normalized spacial score (nSPS) is 29.1. The third kappa shape index (κ3) is 4.12. The zero-order valence-electron chi connectivity index (χ0n) is 14.0. The molecule has 3 heterocycles. The van der Waals surface area contributed by atoms with Crippen LogP contribution >= 0.6 is 11.8 Å². The molecular formula is C16H28N4O2S. The summed E-state index contributed by atoms with van der Waals surface area (Å²) < 4.78 is 0. The van der Waals surface area contributed by atoms with Gasteiger partial charge in [-0.15, -0.1) is 0 Å². The fraction of sp³-hybridized carbons (Fsp3) is 0.875. The number of likely N-dealkylation sites (N-methyl/N-ethyl adjacent to an activating group) is 1. The van der Waals surface area contributed by atoms with E-state index in [-0.39, 0.29) is 18.0 Å². The van der Waals surface area contributed by atoms with Crippen LogP contribution in [0.25, 0.3) is 0 Å². The maximum absolute atomic E-state index is 12.5. The van der Waals surface area contributed by atoms with E-state index in [0.29, 0.717) is 32.1 Å². The van der Waals surface area contributed by atoms with Gasteiger partial charge in [-0.25, -0.2) is 4.79 Å². The van der Waals surface area contributed by atoms with Crippen molar-refractivity contribution in [2.24, 2.45) is 5.92 Å². The van der Waals surface area contributed by atoms with Crippen LogP contribution in [0.2, 0.25) is 0 Å². The van der Waals surface area contributed by atoms with Gasteiger partial charge in [-0.3, -0.25) is 9.69 Å². The van der Waals surface area contributed by atoms with Crippen LogP contribution in [-0.4, -0.2) is 90.5 Å². The zero-order chi connectivity index (χ0) is 16.2. The van der Waals surface area contributed by atoms with Crippen LogP contribution in [0.5, 0.6) is 0 Å². The standard InChI is InChI=1S/C16H28N4O2S/c1-18-5-2-3-14(18)15(21)19-6-8-20(9-7-19)16(22)17-11-13-4-10-23-12-13/h13-14H,2-12H2,1H3,(H,17,22)/t13-,14-/m0/s1. The number of piperazine rings is 1. The Hall–Kier alpha value is -0.950. The molecule has 0 bridgehead atoms. The lowest BCUT2D eigenvalue weighted by atomic mass is 10.1. The van der Waals surface area contributed by atoms with Gasteiger partial charge in [-0.1, -0.05) is 0 Å². The summed E-state index contributed by atoms with van der Waals surface area (Å²) in [5.74, 6) is 3.26. The van der Waals surface area contributed by atoms with Gasteiger partial charge in [0.1, 0.15) is 0 Å². The Kier molecular flexibility index (Phi) is 5.69. The number of carbonyl (C=O) groups excluding carboxylic acids is 2. The second kappa shape index (κ2) is 7.75. The molecule has 0 aliphatic carbocycles. The third-order valence-electron chi connectivity index (χ3n) is 5.25. The highest BCUT2D eigenvalue weighted by Gasteiger charge is 2.33. The van der Waals surface area contributed by atoms with E-state index in [2.05, 4.69) is 10.2 Å². The van der Waals surface area contributed by atoms with Crippen molar-refractivity contribution in [1.82, 2.24) is 20.0 Å². The molecule has 130 valence electrons. The van der Waals surface area contributed by atoms with Crippen LogP contribution in [-0.2, 0) is 4.79 Å². The van der Waals surface area contributed by atoms with E-state index in [4.69, 9.17) is 0 Å². The second-order valence-corrected chi connectivity index (χ2v) is 8.02. The molecule has 0 saturated carbocycles. The first-order valence-corrected chi connectivity index (χ1v) is 9.90. The smallest absolute Gasteiger partial charge is 0.317 e. The summed E-state index contributed by atoms with van der Waals surface area (Å²) in [7, 11) is 2.03. The molecule has 3 amide bonds. The molecule has 2 atom stereocenters. The van der Waals surface area contributed by atoms with Crippen LogP contribution in [0.15, 0.2) is 0 Å². The lowest BCUT2D eigenvalue weighted by Gasteiger charge is -2.37. The topological polar surface area (TPSA) is 55.9 Å². The Balaban J connectivity index is 1.40. The average Bonchev–Trinajstić information content (AvgIpc) is 3.23. The quantitative estimate of drug-likeness (QED) is 0.821. The fourth-order valence-corrected chi connectivity index (χ4v) is 4.94. The van der Waals surface area contributed by atoms with Crippen molar-refractivity contribution < 1.29 is 9.59 Å². The number of hydrogen-bond acceptors (Lipinski definition) is 4. The minimum atomic E-state index is 0.0342. The Morgan fingerprint density at radius 3 is 2.43 bits per heavy atom. The van der Waals surface area contributed by atoms with Gasteiger partial charge in [0, 0.05) is 32.7 Å². The molecule has 3 fully saturated rings. The first-order chi connectivity index (χ1) is 11.1. The first kappa shape index (κ1) is 16.9. The van der Waals surface area contributed by atoms with E-state index >= 15 is 0 Å². The highest BCUT2D eigenvalue weighted by molar-refractivity contribution is 7.99. The Morgan fingerprint density at radius 2 is 1.83 bits per heavy atom. The first-order valence-electron chi connectivity index (χ1n) is 8.74. The van der Waals surface area contributed by atoms with E-state index in [1.807, 2.05) is 28.6 Å². The number of nitrogens with zero attached hydrogens (tertiary/aromatic N) is 3. The number of nitrogens with one attached hydrogen (secondary N) is 1. The van der Waals surface area contributed by atoms with E-state index in [1.54, 1.807) is 0 Å². The van der Waals surface area contributed by atoms with Crippen LogP contribution < -0.4 is 5.32 Å². The number of rotatable bonds is 3. The molecule has 0 unspecified atom stereocenters. The number of amides is 3. The summed E-state index contributed by atoms with van der Waals surface area (Å²) in [5.41, 5.74) is 0. The number of carbonyl (C=O) groups is 2. The van der Waals surface area contributed by atoms with Crippen LogP contribution in [0.4, 0.5) is 4.79 Å². The molecule has 3 aliphatic heterocycles. The minimum Gasteiger partial charge on any atom is -0.338 e. The van der Waals surface area contributed by atoms with Gasteiger partial charge >= 0.3 is 6.03 Å². The predicted octanol–water partition coefficient (Wildman–Crippen LogP) is 0.688. The molecule has 0 radical (unpaired) electrons. The molecule has 3 aliphatic rings. The van der Waals surface area contributed by atoms with Gasteiger partial charge in [0.05, 0.1) is 6.04 Å². The van der Waals surface area contributed by atoms with Crippen molar-refractivity contribution in [1.29, 1.82) is 0 Å². The predicted molar refractivity (Wildman–Crippen MR) is 92.6 cm³/mol. The minimum absolute atomic E-state index is 0.0342. The van der Waals surface area contributed by atoms with E-state index < -0.39 is 0 Å². The van der Waals surface area contributed by atoms with E-state index in [1.165, 1.54) is 12.2 Å². The number of thioether (sulfide) groups is 1. The molecule has 0 aromatic heterocycles.